The summed E-state index contributed by atoms with van der Waals surface area (Å²) in [6, 6.07) is 2.71. The minimum Gasteiger partial charge on any atom is -0.433 e. The predicted octanol–water partition coefficient (Wildman–Crippen LogP) is 1.16. The van der Waals surface area contributed by atoms with Crippen LogP contribution in [-0.2, 0) is 11.3 Å². The molecule has 0 atom stereocenters. The van der Waals surface area contributed by atoms with Gasteiger partial charge in [-0.05, 0) is 23.2 Å². The van der Waals surface area contributed by atoms with E-state index in [1.54, 1.807) is 0 Å². The van der Waals surface area contributed by atoms with Crippen LogP contribution in [0, 0.1) is 0 Å². The van der Waals surface area contributed by atoms with Crippen molar-refractivity contribution in [1.29, 1.82) is 0 Å². The number of ether oxygens (including phenoxy) is 1. The molecule has 0 saturated carbocycles. The van der Waals surface area contributed by atoms with Crippen molar-refractivity contribution in [1.82, 2.24) is 0 Å². The number of benzene rings is 1. The summed E-state index contributed by atoms with van der Waals surface area (Å²) >= 11 is 5.70. The van der Waals surface area contributed by atoms with Gasteiger partial charge >= 0.3 is 13.7 Å². The van der Waals surface area contributed by atoms with E-state index in [1.165, 1.54) is 12.1 Å². The Morgan fingerprint density at radius 3 is 2.93 bits per heavy atom. The lowest BCUT2D eigenvalue weighted by atomic mass is 9.79. The summed E-state index contributed by atoms with van der Waals surface area (Å²) in [6.45, 7) is -2.73. The summed E-state index contributed by atoms with van der Waals surface area (Å²) in [5.41, 5.74) is 1.09. The maximum Gasteiger partial charge on any atom is 0.491 e. The first-order chi connectivity index (χ1) is 7.08. The zero-order chi connectivity index (χ0) is 11.0. The lowest BCUT2D eigenvalue weighted by molar-refractivity contribution is -0.0497. The van der Waals surface area contributed by atoms with Crippen LogP contribution in [0.5, 0.6) is 5.75 Å². The van der Waals surface area contributed by atoms with Crippen molar-refractivity contribution in [2.45, 2.75) is 13.2 Å². The van der Waals surface area contributed by atoms with Gasteiger partial charge in [-0.2, -0.15) is 8.78 Å². The van der Waals surface area contributed by atoms with Crippen molar-refractivity contribution in [2.75, 3.05) is 0 Å². The molecule has 15 heavy (non-hydrogen) atoms. The van der Waals surface area contributed by atoms with E-state index in [0.717, 1.165) is 0 Å². The van der Waals surface area contributed by atoms with E-state index in [-0.39, 0.29) is 17.4 Å². The van der Waals surface area contributed by atoms with Gasteiger partial charge in [-0.25, -0.2) is 0 Å². The highest BCUT2D eigenvalue weighted by Gasteiger charge is 2.29. The van der Waals surface area contributed by atoms with E-state index >= 15 is 0 Å². The van der Waals surface area contributed by atoms with Gasteiger partial charge in [0.1, 0.15) is 5.75 Å². The lowest BCUT2D eigenvalue weighted by Gasteiger charge is -2.08. The molecule has 0 aromatic heterocycles. The number of hydrogen-bond acceptors (Lipinski definition) is 3. The Morgan fingerprint density at radius 2 is 2.27 bits per heavy atom. The molecule has 1 aliphatic rings. The van der Waals surface area contributed by atoms with Gasteiger partial charge in [-0.1, -0.05) is 11.6 Å². The van der Waals surface area contributed by atoms with Crippen molar-refractivity contribution < 1.29 is 23.2 Å². The molecule has 7 heteroatoms. The van der Waals surface area contributed by atoms with Crippen molar-refractivity contribution in [3.63, 3.8) is 0 Å². The molecule has 0 saturated heterocycles. The fraction of sp³-hybridized carbons (Fsp3) is 0.250. The van der Waals surface area contributed by atoms with Crippen molar-refractivity contribution in [3.8, 4) is 5.75 Å². The zero-order valence-corrected chi connectivity index (χ0v) is 8.17. The van der Waals surface area contributed by atoms with Gasteiger partial charge in [-0.15, -0.1) is 0 Å². The van der Waals surface area contributed by atoms with E-state index in [2.05, 4.69) is 4.74 Å². The average molecular weight is 234 g/mol. The summed E-state index contributed by atoms with van der Waals surface area (Å²) in [7, 11) is -1.10. The number of hydrogen-bond donors (Lipinski definition) is 1. The van der Waals surface area contributed by atoms with Gasteiger partial charge in [0.05, 0.1) is 11.6 Å². The van der Waals surface area contributed by atoms with Crippen LogP contribution in [0.25, 0.3) is 0 Å². The van der Waals surface area contributed by atoms with Crippen molar-refractivity contribution >= 4 is 24.2 Å². The molecule has 0 fully saturated rings. The van der Waals surface area contributed by atoms with E-state index in [1.807, 2.05) is 0 Å². The number of halogens is 3. The second-order valence-corrected chi connectivity index (χ2v) is 3.43. The highest BCUT2D eigenvalue weighted by atomic mass is 35.5. The Bertz CT molecular complexity index is 388. The first kappa shape index (κ1) is 10.7. The normalized spacial score (nSPS) is 14.6. The Kier molecular flexibility index (Phi) is 2.82. The predicted molar refractivity (Wildman–Crippen MR) is 50.5 cm³/mol. The number of alkyl halides is 2. The highest BCUT2D eigenvalue weighted by molar-refractivity contribution is 6.61. The minimum atomic E-state index is -2.94. The third kappa shape index (κ3) is 2.06. The molecular formula is C8H6BClF2O3. The van der Waals surface area contributed by atoms with E-state index < -0.39 is 13.7 Å². The quantitative estimate of drug-likeness (QED) is 0.781. The largest absolute Gasteiger partial charge is 0.491 e. The van der Waals surface area contributed by atoms with Gasteiger partial charge in [0.25, 0.3) is 0 Å². The molecular weight excluding hydrogens is 228 g/mol. The highest BCUT2D eigenvalue weighted by Crippen LogP contribution is 2.28. The summed E-state index contributed by atoms with van der Waals surface area (Å²) in [5, 5.41) is 9.40. The third-order valence-electron chi connectivity index (χ3n) is 2.07. The maximum absolute atomic E-state index is 12.0. The van der Waals surface area contributed by atoms with Crippen LogP contribution >= 0.6 is 11.6 Å². The van der Waals surface area contributed by atoms with E-state index in [0.29, 0.717) is 11.0 Å². The molecule has 1 aromatic carbocycles. The second kappa shape index (κ2) is 3.96. The zero-order valence-electron chi connectivity index (χ0n) is 7.41. The van der Waals surface area contributed by atoms with Crippen LogP contribution in [-0.4, -0.2) is 18.8 Å². The molecule has 1 N–H and O–H groups in total. The third-order valence-corrected chi connectivity index (χ3v) is 2.37. The van der Waals surface area contributed by atoms with Crippen LogP contribution in [0.15, 0.2) is 12.1 Å². The van der Waals surface area contributed by atoms with Crippen LogP contribution in [0.3, 0.4) is 0 Å². The molecule has 80 valence electrons. The van der Waals surface area contributed by atoms with Gasteiger partial charge in [0, 0.05) is 0 Å². The Labute approximate surface area is 89.7 Å². The SMILES string of the molecule is OB1OCc2cc(Cl)c(OC(F)F)cc21. The van der Waals surface area contributed by atoms with Gasteiger partial charge in [0.2, 0.25) is 0 Å². The standard InChI is InChI=1S/C8H6BClF2O3/c10-6-1-4-3-14-9(13)5(4)2-7(6)15-8(11)12/h1-2,8,13H,3H2. The van der Waals surface area contributed by atoms with E-state index in [4.69, 9.17) is 16.3 Å². The molecule has 0 unspecified atom stereocenters. The van der Waals surface area contributed by atoms with Crippen LogP contribution < -0.4 is 10.2 Å². The fourth-order valence-electron chi connectivity index (χ4n) is 1.41. The maximum atomic E-state index is 12.0. The minimum absolute atomic E-state index is 0.0757. The topological polar surface area (TPSA) is 38.7 Å². The molecule has 1 aromatic rings. The molecule has 2 rings (SSSR count). The average Bonchev–Trinajstić information content (AvgIpc) is 2.48. The van der Waals surface area contributed by atoms with Crippen LogP contribution in [0.4, 0.5) is 8.78 Å². The van der Waals surface area contributed by atoms with Crippen LogP contribution in [0.2, 0.25) is 5.02 Å². The number of fused-ring (bicyclic) bond motifs is 1. The van der Waals surface area contributed by atoms with Gasteiger partial charge in [0.15, 0.2) is 0 Å². The molecule has 3 nitrogen and oxygen atoms in total. The Morgan fingerprint density at radius 1 is 1.53 bits per heavy atom. The smallest absolute Gasteiger partial charge is 0.433 e. The Hall–Kier alpha value is -0.845. The second-order valence-electron chi connectivity index (χ2n) is 3.02. The monoisotopic (exact) mass is 234 g/mol. The summed E-state index contributed by atoms with van der Waals surface area (Å²) in [4.78, 5) is 0. The molecule has 0 spiro atoms. The first-order valence-electron chi connectivity index (χ1n) is 4.14. The number of rotatable bonds is 2. The van der Waals surface area contributed by atoms with Gasteiger partial charge < -0.3 is 14.4 Å². The molecule has 0 radical (unpaired) electrons. The van der Waals surface area contributed by atoms with E-state index in [9.17, 15) is 13.8 Å². The molecule has 1 aliphatic heterocycles. The van der Waals surface area contributed by atoms with Crippen LogP contribution in [0.1, 0.15) is 5.56 Å². The summed E-state index contributed by atoms with van der Waals surface area (Å²) in [6.07, 6.45) is 0. The molecule has 0 aliphatic carbocycles. The van der Waals surface area contributed by atoms with Crippen molar-refractivity contribution in [3.05, 3.63) is 22.7 Å². The summed E-state index contributed by atoms with van der Waals surface area (Å²) < 4.78 is 33.0. The Balaban J connectivity index is 2.37. The first-order valence-corrected chi connectivity index (χ1v) is 4.52. The van der Waals surface area contributed by atoms with Crippen molar-refractivity contribution in [2.24, 2.45) is 0 Å². The molecule has 0 bridgehead atoms. The fourth-order valence-corrected chi connectivity index (χ4v) is 1.64. The lowest BCUT2D eigenvalue weighted by Crippen LogP contribution is -2.28. The van der Waals surface area contributed by atoms with Gasteiger partial charge in [-0.3, -0.25) is 0 Å². The molecule has 0 amide bonds. The molecule has 1 heterocycles. The summed E-state index contributed by atoms with van der Waals surface area (Å²) in [5.74, 6) is -0.157.